The molecule has 0 spiro atoms. The summed E-state index contributed by atoms with van der Waals surface area (Å²) in [6.45, 7) is 4.47. The summed E-state index contributed by atoms with van der Waals surface area (Å²) in [4.78, 5) is 44.5. The van der Waals surface area contributed by atoms with Gasteiger partial charge in [0.25, 0.3) is 5.56 Å². The lowest BCUT2D eigenvalue weighted by Crippen LogP contribution is -2.48. The van der Waals surface area contributed by atoms with Gasteiger partial charge in [0.05, 0.1) is 13.1 Å². The van der Waals surface area contributed by atoms with Gasteiger partial charge in [-0.3, -0.25) is 19.1 Å². The van der Waals surface area contributed by atoms with Gasteiger partial charge in [-0.05, 0) is 43.9 Å². The van der Waals surface area contributed by atoms with Crippen LogP contribution in [0.5, 0.6) is 0 Å². The summed E-state index contributed by atoms with van der Waals surface area (Å²) in [5.74, 6) is -0.0644. The highest BCUT2D eigenvalue weighted by Gasteiger charge is 2.30. The van der Waals surface area contributed by atoms with Gasteiger partial charge in [0.2, 0.25) is 5.91 Å². The number of anilines is 3. The molecule has 0 saturated heterocycles. The number of nitrogens with two attached hydrogens (primary N) is 1. The van der Waals surface area contributed by atoms with E-state index in [2.05, 4.69) is 4.98 Å². The molecule has 0 bridgehead atoms. The van der Waals surface area contributed by atoms with Crippen molar-refractivity contribution in [3.63, 3.8) is 0 Å². The van der Waals surface area contributed by atoms with Crippen LogP contribution < -0.4 is 26.8 Å². The molecule has 3 N–H and O–H groups in total. The lowest BCUT2D eigenvalue weighted by Gasteiger charge is -2.37. The lowest BCUT2D eigenvalue weighted by atomic mass is 9.96. The van der Waals surface area contributed by atoms with Gasteiger partial charge in [0.15, 0.2) is 0 Å². The number of para-hydroxylation sites is 1. The van der Waals surface area contributed by atoms with E-state index in [0.29, 0.717) is 6.54 Å². The molecule has 0 radical (unpaired) electrons. The molecule has 2 aromatic carbocycles. The number of nitrogens with zero attached hydrogens (tertiary/aromatic N) is 3. The van der Waals surface area contributed by atoms with Gasteiger partial charge in [-0.15, -0.1) is 0 Å². The Balaban J connectivity index is 1.67. The smallest absolute Gasteiger partial charge is 0.330 e. The Kier molecular flexibility index (Phi) is 6.35. The van der Waals surface area contributed by atoms with E-state index in [1.54, 1.807) is 4.90 Å². The van der Waals surface area contributed by atoms with Crippen molar-refractivity contribution in [2.75, 3.05) is 28.6 Å². The number of aromatic nitrogens is 2. The molecule has 1 aromatic heterocycles. The van der Waals surface area contributed by atoms with Crippen molar-refractivity contribution < 1.29 is 4.79 Å². The van der Waals surface area contributed by atoms with Crippen LogP contribution in [0.2, 0.25) is 0 Å². The summed E-state index contributed by atoms with van der Waals surface area (Å²) in [7, 11) is 0. The van der Waals surface area contributed by atoms with E-state index in [-0.39, 0.29) is 36.5 Å². The van der Waals surface area contributed by atoms with E-state index in [1.165, 1.54) is 4.57 Å². The minimum atomic E-state index is -0.594. The Morgan fingerprint density at radius 1 is 1.12 bits per heavy atom. The largest absolute Gasteiger partial charge is 0.383 e. The first kappa shape index (κ1) is 22.4. The Morgan fingerprint density at radius 3 is 2.55 bits per heavy atom. The molecule has 0 fully saturated rings. The van der Waals surface area contributed by atoms with E-state index in [9.17, 15) is 14.4 Å². The van der Waals surface area contributed by atoms with Crippen molar-refractivity contribution in [1.82, 2.24) is 9.55 Å². The Labute approximate surface area is 192 Å². The van der Waals surface area contributed by atoms with Crippen LogP contribution in [-0.4, -0.2) is 34.6 Å². The highest BCUT2D eigenvalue weighted by atomic mass is 16.2. The zero-order valence-corrected chi connectivity index (χ0v) is 19.0. The second-order valence-electron chi connectivity index (χ2n) is 8.36. The van der Waals surface area contributed by atoms with Crippen LogP contribution in [-0.2, 0) is 17.8 Å². The molecule has 1 atom stereocenters. The molecule has 0 aliphatic carbocycles. The number of aryl methyl sites for hydroxylation is 1. The van der Waals surface area contributed by atoms with Crippen molar-refractivity contribution in [2.24, 2.45) is 0 Å². The molecule has 0 saturated carbocycles. The van der Waals surface area contributed by atoms with Crippen LogP contribution in [0.4, 0.5) is 17.2 Å². The van der Waals surface area contributed by atoms with Crippen molar-refractivity contribution in [1.29, 1.82) is 0 Å². The highest BCUT2D eigenvalue weighted by molar-refractivity contribution is 5.98. The molecule has 4 rings (SSSR count). The number of aromatic amines is 1. The van der Waals surface area contributed by atoms with Gasteiger partial charge < -0.3 is 15.5 Å². The van der Waals surface area contributed by atoms with E-state index in [4.69, 9.17) is 5.73 Å². The molecular formula is C25H29N5O3. The molecule has 33 heavy (non-hydrogen) atoms. The van der Waals surface area contributed by atoms with Crippen LogP contribution in [0.1, 0.15) is 31.4 Å². The first-order valence-corrected chi connectivity index (χ1v) is 11.2. The molecular weight excluding hydrogens is 418 g/mol. The van der Waals surface area contributed by atoms with Crippen molar-refractivity contribution in [3.05, 3.63) is 86.6 Å². The van der Waals surface area contributed by atoms with Crippen LogP contribution in [0.25, 0.3) is 0 Å². The zero-order valence-electron chi connectivity index (χ0n) is 19.0. The molecule has 2 heterocycles. The summed E-state index contributed by atoms with van der Waals surface area (Å²) in [5.41, 5.74) is 8.24. The normalized spacial score (nSPS) is 15.2. The number of carbonyl (C=O) groups excluding carboxylic acids is 1. The zero-order chi connectivity index (χ0) is 23.5. The summed E-state index contributed by atoms with van der Waals surface area (Å²) in [6, 6.07) is 17.4. The predicted molar refractivity (Wildman–Crippen MR) is 131 cm³/mol. The fraction of sp³-hybridized carbons (Fsp3) is 0.320. The standard InChI is InChI=1S/C25H29N5O3/c1-3-28(16-21(31)30-17(2)13-14-19-11-7-8-12-20(19)30)22-23(26)29(25(33)27-24(22)32)15-18-9-5-4-6-10-18/h4-12,17H,3,13-16,26H2,1-2H3,(H,27,32,33). The van der Waals surface area contributed by atoms with Gasteiger partial charge in [-0.2, -0.15) is 0 Å². The van der Waals surface area contributed by atoms with Crippen molar-refractivity contribution >= 4 is 23.1 Å². The molecule has 1 amide bonds. The number of H-pyrrole nitrogens is 1. The van der Waals surface area contributed by atoms with Gasteiger partial charge in [0.1, 0.15) is 11.5 Å². The highest BCUT2D eigenvalue weighted by Crippen LogP contribution is 2.31. The average Bonchev–Trinajstić information content (AvgIpc) is 2.81. The van der Waals surface area contributed by atoms with E-state index >= 15 is 0 Å². The maximum atomic E-state index is 13.4. The van der Waals surface area contributed by atoms with Crippen LogP contribution in [0.3, 0.4) is 0 Å². The number of rotatable bonds is 6. The van der Waals surface area contributed by atoms with Crippen LogP contribution in [0.15, 0.2) is 64.2 Å². The fourth-order valence-electron chi connectivity index (χ4n) is 4.46. The van der Waals surface area contributed by atoms with Gasteiger partial charge in [0, 0.05) is 18.3 Å². The summed E-state index contributed by atoms with van der Waals surface area (Å²) >= 11 is 0. The third kappa shape index (κ3) is 4.41. The minimum Gasteiger partial charge on any atom is -0.383 e. The SMILES string of the molecule is CCN(CC(=O)N1c2ccccc2CCC1C)c1c(N)n(Cc2ccccc2)c(=O)[nH]c1=O. The Morgan fingerprint density at radius 2 is 1.82 bits per heavy atom. The molecule has 8 heteroatoms. The Bertz CT molecular complexity index is 1270. The quantitative estimate of drug-likeness (QED) is 0.604. The number of amides is 1. The monoisotopic (exact) mass is 447 g/mol. The number of fused-ring (bicyclic) bond motifs is 1. The Hall–Kier alpha value is -3.81. The van der Waals surface area contributed by atoms with E-state index < -0.39 is 11.2 Å². The molecule has 1 aliphatic rings. The van der Waals surface area contributed by atoms with Gasteiger partial charge >= 0.3 is 5.69 Å². The fourth-order valence-corrected chi connectivity index (χ4v) is 4.46. The summed E-state index contributed by atoms with van der Waals surface area (Å²) in [5, 5.41) is 0. The number of benzene rings is 2. The second-order valence-corrected chi connectivity index (χ2v) is 8.36. The second kappa shape index (κ2) is 9.36. The number of carbonyl (C=O) groups is 1. The summed E-state index contributed by atoms with van der Waals surface area (Å²) < 4.78 is 1.33. The van der Waals surface area contributed by atoms with Crippen molar-refractivity contribution in [2.45, 2.75) is 39.3 Å². The van der Waals surface area contributed by atoms with Crippen molar-refractivity contribution in [3.8, 4) is 0 Å². The molecule has 3 aromatic rings. The topological polar surface area (TPSA) is 104 Å². The first-order valence-electron chi connectivity index (χ1n) is 11.2. The number of nitrogen functional groups attached to an aromatic ring is 1. The van der Waals surface area contributed by atoms with E-state index in [0.717, 1.165) is 29.7 Å². The number of hydrogen-bond donors (Lipinski definition) is 2. The number of likely N-dealkylation sites (N-methyl/N-ethyl adjacent to an activating group) is 1. The molecule has 172 valence electrons. The van der Waals surface area contributed by atoms with E-state index in [1.807, 2.05) is 73.3 Å². The third-order valence-electron chi connectivity index (χ3n) is 6.21. The third-order valence-corrected chi connectivity index (χ3v) is 6.21. The molecule has 1 unspecified atom stereocenters. The number of nitrogens with one attached hydrogen (secondary N) is 1. The van der Waals surface area contributed by atoms with Crippen LogP contribution in [0, 0.1) is 0 Å². The predicted octanol–water partition coefficient (Wildman–Crippen LogP) is 2.36. The molecule has 1 aliphatic heterocycles. The maximum absolute atomic E-state index is 13.4. The minimum absolute atomic E-state index is 0.0218. The maximum Gasteiger partial charge on any atom is 0.330 e. The first-order chi connectivity index (χ1) is 15.9. The number of hydrogen-bond acceptors (Lipinski definition) is 5. The average molecular weight is 448 g/mol. The molecule has 8 nitrogen and oxygen atoms in total. The van der Waals surface area contributed by atoms with Gasteiger partial charge in [-0.25, -0.2) is 4.79 Å². The summed E-state index contributed by atoms with van der Waals surface area (Å²) in [6.07, 6.45) is 1.80. The van der Waals surface area contributed by atoms with Crippen LogP contribution >= 0.6 is 0 Å². The van der Waals surface area contributed by atoms with Gasteiger partial charge in [-0.1, -0.05) is 48.5 Å². The lowest BCUT2D eigenvalue weighted by molar-refractivity contribution is -0.117.